The van der Waals surface area contributed by atoms with Gasteiger partial charge in [0, 0.05) is 18.7 Å². The van der Waals surface area contributed by atoms with E-state index >= 15 is 0 Å². The smallest absolute Gasteiger partial charge is 0.182 e. The van der Waals surface area contributed by atoms with E-state index in [9.17, 15) is 13.2 Å². The molecule has 0 heterocycles. The first kappa shape index (κ1) is 13.6. The van der Waals surface area contributed by atoms with Crippen molar-refractivity contribution in [2.24, 2.45) is 0 Å². The summed E-state index contributed by atoms with van der Waals surface area (Å²) in [6.07, 6.45) is 5.60. The molecule has 0 aliphatic heterocycles. The summed E-state index contributed by atoms with van der Waals surface area (Å²) in [4.78, 5) is 0. The lowest BCUT2D eigenvalue weighted by Gasteiger charge is -2.08. The predicted molar refractivity (Wildman–Crippen MR) is 63.5 cm³/mol. The summed E-state index contributed by atoms with van der Waals surface area (Å²) in [5.74, 6) is -2.98. The predicted octanol–water partition coefficient (Wildman–Crippen LogP) is 4.26. The molecule has 0 unspecified atom stereocenters. The zero-order valence-electron chi connectivity index (χ0n) is 9.61. The number of hydrogen-bond acceptors (Lipinski definition) is 1. The molecule has 0 spiro atoms. The maximum Gasteiger partial charge on any atom is 0.182 e. The molecule has 1 nitrogen and oxygen atoms in total. The molecule has 0 aromatic heterocycles. The van der Waals surface area contributed by atoms with Gasteiger partial charge in [0.15, 0.2) is 11.6 Å². The normalized spacial score (nSPS) is 10.3. The Kier molecular flexibility index (Phi) is 5.60. The van der Waals surface area contributed by atoms with Crippen LogP contribution >= 0.6 is 0 Å². The number of unbranched alkanes of at least 4 members (excludes halogenated alkanes) is 3. The van der Waals surface area contributed by atoms with Gasteiger partial charge in [0.2, 0.25) is 0 Å². The highest BCUT2D eigenvalue weighted by Gasteiger charge is 2.10. The van der Waals surface area contributed by atoms with Gasteiger partial charge in [-0.2, -0.15) is 0 Å². The minimum absolute atomic E-state index is 0.119. The average Bonchev–Trinajstić information content (AvgIpc) is 2.29. The largest absolute Gasteiger partial charge is 0.383 e. The summed E-state index contributed by atoms with van der Waals surface area (Å²) < 4.78 is 38.9. The van der Waals surface area contributed by atoms with Crippen LogP contribution in [0.2, 0.25) is 0 Å². The number of halogens is 3. The number of rotatable bonds is 7. The molecule has 94 valence electrons. The van der Waals surface area contributed by atoms with E-state index in [-0.39, 0.29) is 5.69 Å². The van der Waals surface area contributed by atoms with Gasteiger partial charge in [0.25, 0.3) is 0 Å². The van der Waals surface area contributed by atoms with Crippen molar-refractivity contribution in [1.29, 1.82) is 0 Å². The Morgan fingerprint density at radius 2 is 1.88 bits per heavy atom. The van der Waals surface area contributed by atoms with E-state index in [4.69, 9.17) is 0 Å². The molecule has 1 rings (SSSR count). The first-order valence-electron chi connectivity index (χ1n) is 5.64. The Bertz CT molecular complexity index is 377. The summed E-state index contributed by atoms with van der Waals surface area (Å²) in [6, 6.07) is 1.49. The molecule has 0 radical (unpaired) electrons. The maximum atomic E-state index is 13.2. The van der Waals surface area contributed by atoms with E-state index in [0.29, 0.717) is 12.6 Å². The highest BCUT2D eigenvalue weighted by atomic mass is 19.2. The highest BCUT2D eigenvalue weighted by molar-refractivity contribution is 5.45. The molecule has 1 aromatic carbocycles. The lowest BCUT2D eigenvalue weighted by atomic mass is 10.2. The molecule has 0 fully saturated rings. The van der Waals surface area contributed by atoms with Crippen molar-refractivity contribution in [3.8, 4) is 0 Å². The molecular weight excluding hydrogens is 227 g/mol. The number of hydrogen-bond donors (Lipinski definition) is 1. The van der Waals surface area contributed by atoms with Crippen molar-refractivity contribution in [2.75, 3.05) is 11.9 Å². The summed E-state index contributed by atoms with van der Waals surface area (Å²) in [7, 11) is 0. The fourth-order valence-corrected chi connectivity index (χ4v) is 1.50. The average molecular weight is 243 g/mol. The van der Waals surface area contributed by atoms with Crippen LogP contribution in [0.1, 0.15) is 25.7 Å². The third kappa shape index (κ3) is 4.51. The second-order valence-corrected chi connectivity index (χ2v) is 3.81. The van der Waals surface area contributed by atoms with E-state index in [1.54, 1.807) is 0 Å². The van der Waals surface area contributed by atoms with Crippen molar-refractivity contribution in [3.63, 3.8) is 0 Å². The molecule has 0 atom stereocenters. The molecule has 0 saturated heterocycles. The standard InChI is InChI=1S/C13H16F3N/c1-2-3-4-5-6-7-17-12-9-10(14)8-11(15)13(12)16/h2,8-9,17H,1,3-7H2. The quantitative estimate of drug-likeness (QED) is 0.428. The Labute approximate surface area is 99.3 Å². The summed E-state index contributed by atoms with van der Waals surface area (Å²) in [5, 5.41) is 2.69. The van der Waals surface area contributed by atoms with Gasteiger partial charge < -0.3 is 5.32 Å². The first-order chi connectivity index (χ1) is 8.15. The number of anilines is 1. The maximum absolute atomic E-state index is 13.2. The highest BCUT2D eigenvalue weighted by Crippen LogP contribution is 2.19. The van der Waals surface area contributed by atoms with Gasteiger partial charge in [-0.1, -0.05) is 12.5 Å². The van der Waals surface area contributed by atoms with Gasteiger partial charge in [-0.05, 0) is 19.3 Å². The molecule has 0 saturated carbocycles. The van der Waals surface area contributed by atoms with Crippen LogP contribution in [0.15, 0.2) is 24.8 Å². The Balaban J connectivity index is 2.38. The van der Waals surface area contributed by atoms with Gasteiger partial charge >= 0.3 is 0 Å². The summed E-state index contributed by atoms with van der Waals surface area (Å²) in [5.41, 5.74) is -0.119. The SMILES string of the molecule is C=CCCCCCNc1cc(F)cc(F)c1F. The summed E-state index contributed by atoms with van der Waals surface area (Å²) >= 11 is 0. The minimum Gasteiger partial charge on any atom is -0.383 e. The van der Waals surface area contributed by atoms with E-state index < -0.39 is 17.5 Å². The van der Waals surface area contributed by atoms with Crippen LogP contribution in [0.5, 0.6) is 0 Å². The van der Waals surface area contributed by atoms with Crippen LogP contribution in [0.25, 0.3) is 0 Å². The van der Waals surface area contributed by atoms with E-state index in [2.05, 4.69) is 11.9 Å². The van der Waals surface area contributed by atoms with E-state index in [1.165, 1.54) is 0 Å². The lowest BCUT2D eigenvalue weighted by Crippen LogP contribution is -2.05. The van der Waals surface area contributed by atoms with Crippen molar-refractivity contribution >= 4 is 5.69 Å². The van der Waals surface area contributed by atoms with E-state index in [1.807, 2.05) is 6.08 Å². The molecule has 4 heteroatoms. The molecule has 17 heavy (non-hydrogen) atoms. The lowest BCUT2D eigenvalue weighted by molar-refractivity contribution is 0.497. The van der Waals surface area contributed by atoms with Crippen LogP contribution in [0, 0.1) is 17.5 Å². The van der Waals surface area contributed by atoms with Crippen LogP contribution in [0.3, 0.4) is 0 Å². The molecule has 0 aliphatic rings. The Hall–Kier alpha value is -1.45. The second kappa shape index (κ2) is 6.99. The van der Waals surface area contributed by atoms with Crippen molar-refractivity contribution in [1.82, 2.24) is 0 Å². The number of allylic oxidation sites excluding steroid dienone is 1. The third-order valence-corrected chi connectivity index (χ3v) is 2.39. The topological polar surface area (TPSA) is 12.0 Å². The van der Waals surface area contributed by atoms with E-state index in [0.717, 1.165) is 31.7 Å². The van der Waals surface area contributed by atoms with Gasteiger partial charge in [-0.15, -0.1) is 6.58 Å². The van der Waals surface area contributed by atoms with Crippen molar-refractivity contribution in [3.05, 3.63) is 42.2 Å². The van der Waals surface area contributed by atoms with Crippen molar-refractivity contribution < 1.29 is 13.2 Å². The molecular formula is C13H16F3N. The van der Waals surface area contributed by atoms with Crippen LogP contribution < -0.4 is 5.32 Å². The fraction of sp³-hybridized carbons (Fsp3) is 0.385. The summed E-state index contributed by atoms with van der Waals surface area (Å²) in [6.45, 7) is 4.11. The zero-order valence-corrected chi connectivity index (χ0v) is 9.61. The molecule has 0 aliphatic carbocycles. The Morgan fingerprint density at radius 1 is 1.12 bits per heavy atom. The van der Waals surface area contributed by atoms with Crippen LogP contribution in [-0.2, 0) is 0 Å². The number of benzene rings is 1. The fourth-order valence-electron chi connectivity index (χ4n) is 1.50. The number of nitrogens with one attached hydrogen (secondary N) is 1. The second-order valence-electron chi connectivity index (χ2n) is 3.81. The molecule has 1 aromatic rings. The van der Waals surface area contributed by atoms with Gasteiger partial charge in [0.1, 0.15) is 5.82 Å². The van der Waals surface area contributed by atoms with Crippen molar-refractivity contribution in [2.45, 2.75) is 25.7 Å². The zero-order chi connectivity index (χ0) is 12.7. The van der Waals surface area contributed by atoms with Crippen LogP contribution in [-0.4, -0.2) is 6.54 Å². The third-order valence-electron chi connectivity index (χ3n) is 2.39. The Morgan fingerprint density at radius 3 is 2.59 bits per heavy atom. The molecule has 0 bridgehead atoms. The van der Waals surface area contributed by atoms with Crippen LogP contribution in [0.4, 0.5) is 18.9 Å². The van der Waals surface area contributed by atoms with Gasteiger partial charge in [0.05, 0.1) is 5.69 Å². The van der Waals surface area contributed by atoms with Gasteiger partial charge in [-0.3, -0.25) is 0 Å². The molecule has 0 amide bonds. The first-order valence-corrected chi connectivity index (χ1v) is 5.64. The minimum atomic E-state index is -1.17. The molecule has 1 N–H and O–H groups in total. The van der Waals surface area contributed by atoms with Gasteiger partial charge in [-0.25, -0.2) is 13.2 Å². The monoisotopic (exact) mass is 243 g/mol.